The SMILES string of the molecule is Cc1c(Br)cc(/C=N/NC(=O)CN(CC(=O)O)c2ccc3ccccc3c2)c(O)c1Br.Cc1c(Br)cc(/C=N/NC(=O)CN(CC(N)=O)c2ccc3ccccc3c2)c(O)c1Br.Cc1c(Br)cc(/C=N/NC(=O)CN(CCSOOO)c2ccc3ccccc3c2)c(O)c1Br.O=C(CN(CC(=O)N(CCO)CCO)c1ccc2ccccc2c1)N/N=C/c1cc(Br)c(O)c(Br)c1O. The molecule has 0 saturated heterocycles. The third-order valence-corrected chi connectivity index (χ3v) is 26.7. The number of fused-ring (bicyclic) bond motifs is 4. The summed E-state index contributed by atoms with van der Waals surface area (Å²) in [6.07, 6.45) is 5.26. The molecule has 0 aromatic heterocycles. The van der Waals surface area contributed by atoms with Crippen LogP contribution >= 0.6 is 139 Å². The number of primary amides is 1. The quantitative estimate of drug-likeness (QED) is 0.00577. The largest absolute Gasteiger partial charge is 0.506 e. The number of aromatic hydroxyl groups is 5. The smallest absolute Gasteiger partial charge is 0.323 e. The van der Waals surface area contributed by atoms with Gasteiger partial charge in [0.25, 0.3) is 23.6 Å². The summed E-state index contributed by atoms with van der Waals surface area (Å²) in [5.41, 5.74) is 21.9. The number of aliphatic hydroxyl groups is 2. The van der Waals surface area contributed by atoms with Crippen LogP contribution in [0.1, 0.15) is 38.9 Å². The maximum Gasteiger partial charge on any atom is 0.323 e. The number of rotatable bonds is 35. The molecule has 0 bridgehead atoms. The summed E-state index contributed by atoms with van der Waals surface area (Å²) in [4.78, 5) is 93.8. The van der Waals surface area contributed by atoms with Gasteiger partial charge in [0.05, 0.1) is 95.2 Å². The van der Waals surface area contributed by atoms with Crippen molar-refractivity contribution >= 4 is 272 Å². The highest BCUT2D eigenvalue weighted by molar-refractivity contribution is 9.12. The molecule has 0 spiro atoms. The van der Waals surface area contributed by atoms with Gasteiger partial charge in [-0.1, -0.05) is 174 Å². The van der Waals surface area contributed by atoms with E-state index in [-0.39, 0.29) is 123 Å². The maximum atomic E-state index is 12.9. The van der Waals surface area contributed by atoms with Crippen LogP contribution in [0, 0.1) is 20.8 Å². The minimum atomic E-state index is -1.05. The van der Waals surface area contributed by atoms with E-state index in [1.165, 1.54) is 40.7 Å². The number of aliphatic hydroxyl groups excluding tert-OH is 2. The Hall–Kier alpha value is -11.2. The molecule has 12 aromatic rings. The molecule has 132 heavy (non-hydrogen) atoms. The van der Waals surface area contributed by atoms with Crippen molar-refractivity contribution in [2.45, 2.75) is 20.8 Å². The minimum Gasteiger partial charge on any atom is -0.506 e. The third-order valence-electron chi connectivity index (χ3n) is 19.5. The van der Waals surface area contributed by atoms with Gasteiger partial charge in [-0.15, -0.1) is 4.33 Å². The second kappa shape index (κ2) is 51.8. The number of nitrogens with zero attached hydrogens (tertiary/aromatic N) is 9. The zero-order valence-corrected chi connectivity index (χ0v) is 83.7. The van der Waals surface area contributed by atoms with E-state index in [0.717, 1.165) is 90.9 Å². The number of benzene rings is 12. The van der Waals surface area contributed by atoms with E-state index in [1.54, 1.807) is 40.1 Å². The molecule has 41 heteroatoms. The average Bonchev–Trinajstić information content (AvgIpc) is 0.838. The standard InChI is InChI=1S/C25H26Br2N4O6.C22H20Br2N4O3.C22H21Br2N3O5S.C22H19Br2N3O4/c26-20-12-18(24(36)23(27)25(20)37)13-28-29-21(34)14-31(15-22(35)30(7-9-32)8-10-33)19-6-5-16-3-1-2-4-17(16)11-19;1-13-18(23)9-16(22(31)21(13)24)10-26-27-20(30)12-28(11-19(25)29)17-7-6-14-4-2-3-5-15(14)8-17;1-14-19(23)11-17(22(29)21(14)24)12-25-26-20(28)13-27(8-9-33-32-31-30)18-7-6-15-4-2-3-5-16(15)10-18;1-13-18(23)9-16(22(31)21(13)24)10-25-26-19(28)11-27(12-20(29)30)17-7-6-14-4-2-3-5-15(14)8-17/h1-6,11-13,32-33,36-37H,7-10,14-15H2,(H,29,34);2-10,31H,11-12H2,1H3,(H2,25,29)(H,27,30);2-7,10-12,29-30H,8-9,13H2,1H3,(H,26,28);2-10,31H,11-12H2,1H3,(H,26,28)(H,29,30)/b28-13+;26-10+;25-12+;25-10+. The van der Waals surface area contributed by atoms with Crippen molar-refractivity contribution in [1.29, 1.82) is 0 Å². The molecule has 0 atom stereocenters. The highest BCUT2D eigenvalue weighted by Gasteiger charge is 2.24. The van der Waals surface area contributed by atoms with Gasteiger partial charge in [0.1, 0.15) is 39.8 Å². The first-order valence-corrected chi connectivity index (χ1v) is 46.7. The topological polar surface area (TPSA) is 460 Å². The first-order chi connectivity index (χ1) is 63.2. The lowest BCUT2D eigenvalue weighted by atomic mass is 10.1. The predicted octanol–water partition coefficient (Wildman–Crippen LogP) is 16.2. The number of phenolic OH excluding ortho intramolecular Hbond substituents is 5. The van der Waals surface area contributed by atoms with Crippen molar-refractivity contribution in [2.75, 3.05) is 104 Å². The van der Waals surface area contributed by atoms with Crippen LogP contribution in [-0.4, -0.2) is 202 Å². The van der Waals surface area contributed by atoms with E-state index < -0.39 is 29.6 Å². The van der Waals surface area contributed by atoms with E-state index in [2.05, 4.69) is 179 Å². The number of hydrazone groups is 4. The summed E-state index contributed by atoms with van der Waals surface area (Å²) >= 11 is 27.4. The number of hydrogen-bond acceptors (Lipinski definition) is 26. The molecule has 0 aliphatic heterocycles. The third kappa shape index (κ3) is 30.4. The molecule has 0 fully saturated rings. The fourth-order valence-electron chi connectivity index (χ4n) is 12.6. The van der Waals surface area contributed by atoms with Gasteiger partial charge >= 0.3 is 5.97 Å². The maximum absolute atomic E-state index is 12.9. The Morgan fingerprint density at radius 1 is 0.371 bits per heavy atom. The fourth-order valence-corrected chi connectivity index (χ4v) is 17.7. The first-order valence-electron chi connectivity index (χ1n) is 39.4. The van der Waals surface area contributed by atoms with E-state index in [9.17, 15) is 74.4 Å². The molecule has 12 rings (SSSR count). The number of nitrogens with two attached hydrogens (primary N) is 1. The Balaban J connectivity index is 0.000000198. The molecule has 32 nitrogen and oxygen atoms in total. The molecule has 0 radical (unpaired) electrons. The van der Waals surface area contributed by atoms with Crippen LogP contribution in [0.15, 0.2) is 250 Å². The van der Waals surface area contributed by atoms with Gasteiger partial charge in [0.2, 0.25) is 11.8 Å². The zero-order chi connectivity index (χ0) is 95.8. The molecule has 0 aliphatic carbocycles. The Kier molecular flexibility index (Phi) is 41.0. The number of phenols is 5. The van der Waals surface area contributed by atoms with Crippen LogP contribution in [0.2, 0.25) is 0 Å². The second-order valence-corrected chi connectivity index (χ2v) is 36.0. The van der Waals surface area contributed by atoms with Gasteiger partial charge in [0, 0.05) is 95.9 Å². The Morgan fingerprint density at radius 3 is 0.970 bits per heavy atom. The molecule has 0 unspecified atom stereocenters. The number of amides is 6. The summed E-state index contributed by atoms with van der Waals surface area (Å²) in [7, 11) is 0. The first kappa shape index (κ1) is 105. The van der Waals surface area contributed by atoms with Gasteiger partial charge < -0.3 is 71.1 Å². The van der Waals surface area contributed by atoms with Crippen LogP contribution in [0.5, 0.6) is 28.7 Å². The van der Waals surface area contributed by atoms with Gasteiger partial charge in [0.15, 0.2) is 0 Å². The Morgan fingerprint density at radius 2 is 0.659 bits per heavy atom. The highest BCUT2D eigenvalue weighted by Crippen LogP contribution is 2.42. The van der Waals surface area contributed by atoms with Gasteiger partial charge in [-0.2, -0.15) is 20.4 Å². The number of carbonyl (C=O) groups excluding carboxylic acids is 6. The van der Waals surface area contributed by atoms with Crippen molar-refractivity contribution in [1.82, 2.24) is 26.6 Å². The van der Waals surface area contributed by atoms with Gasteiger partial charge in [-0.25, -0.2) is 27.0 Å². The van der Waals surface area contributed by atoms with E-state index in [4.69, 9.17) is 11.0 Å². The molecule has 690 valence electrons. The summed E-state index contributed by atoms with van der Waals surface area (Å²) in [6.45, 7) is 4.45. The second-order valence-electron chi connectivity index (χ2n) is 28.6. The Labute approximate surface area is 828 Å². The zero-order valence-electron chi connectivity index (χ0n) is 70.2. The lowest BCUT2D eigenvalue weighted by molar-refractivity contribution is -0.432. The molecular formula is C91H86Br8N14O18S. The van der Waals surface area contributed by atoms with Crippen LogP contribution in [0.3, 0.4) is 0 Å². The number of nitrogens with one attached hydrogen (secondary N) is 4. The molecule has 0 aliphatic rings. The predicted molar refractivity (Wildman–Crippen MR) is 542 cm³/mol. The Bertz CT molecular complexity index is 6140. The van der Waals surface area contributed by atoms with Crippen LogP contribution in [-0.2, 0) is 42.9 Å². The summed E-state index contributed by atoms with van der Waals surface area (Å²) in [5, 5.41) is 114. The summed E-state index contributed by atoms with van der Waals surface area (Å²) < 4.78 is 8.81. The number of carbonyl (C=O) groups is 7. The average molecular weight is 2340 g/mol. The van der Waals surface area contributed by atoms with Crippen molar-refractivity contribution < 1.29 is 89.0 Å². The number of hydrogen-bond donors (Lipinski definition) is 14. The summed E-state index contributed by atoms with van der Waals surface area (Å²) in [6, 6.07) is 60.3. The monoisotopic (exact) mass is 2330 g/mol. The lowest BCUT2D eigenvalue weighted by Gasteiger charge is -2.28. The van der Waals surface area contributed by atoms with Crippen molar-refractivity contribution in [2.24, 2.45) is 26.1 Å². The number of halogens is 8. The van der Waals surface area contributed by atoms with E-state index >= 15 is 0 Å². The molecule has 12 aromatic carbocycles. The number of carboxylic acid groups (broad SMARTS) is 1. The number of anilines is 4. The molecule has 0 saturated carbocycles. The number of carboxylic acids is 1. The molecular weight excluding hydrogens is 2250 g/mol. The molecule has 0 heterocycles. The minimum absolute atomic E-state index is 0.00219. The van der Waals surface area contributed by atoms with Gasteiger partial charge in [-0.05, 0) is 233 Å². The fraction of sp³-hybridized carbons (Fsp3) is 0.176. The van der Waals surface area contributed by atoms with E-state index in [0.29, 0.717) is 63.9 Å². The van der Waals surface area contributed by atoms with E-state index in [1.807, 2.05) is 183 Å². The lowest BCUT2D eigenvalue weighted by Crippen LogP contribution is -2.45. The molecule has 6 amide bonds. The van der Waals surface area contributed by atoms with Gasteiger partial charge in [-0.3, -0.25) is 33.6 Å². The highest BCUT2D eigenvalue weighted by atomic mass is 79.9. The van der Waals surface area contributed by atoms with Crippen molar-refractivity contribution in [3.8, 4) is 28.7 Å². The summed E-state index contributed by atoms with van der Waals surface area (Å²) in [5.74, 6) is -3.70. The number of aliphatic carboxylic acids is 1. The van der Waals surface area contributed by atoms with Crippen LogP contribution < -0.4 is 47.0 Å². The van der Waals surface area contributed by atoms with Crippen LogP contribution in [0.25, 0.3) is 43.1 Å². The normalized spacial score (nSPS) is 11.1. The molecule has 15 N–H and O–H groups in total. The van der Waals surface area contributed by atoms with Crippen LogP contribution in [0.4, 0.5) is 22.7 Å². The van der Waals surface area contributed by atoms with Crippen molar-refractivity contribution in [3.63, 3.8) is 0 Å². The van der Waals surface area contributed by atoms with Crippen molar-refractivity contribution in [3.05, 3.63) is 269 Å².